The van der Waals surface area contributed by atoms with E-state index in [-0.39, 0.29) is 11.8 Å². The van der Waals surface area contributed by atoms with Gasteiger partial charge in [0.1, 0.15) is 34.4 Å². The number of imidazole rings is 1. The maximum Gasteiger partial charge on any atom is 0.225 e. The fourth-order valence-electron chi connectivity index (χ4n) is 5.77. The van der Waals surface area contributed by atoms with Gasteiger partial charge >= 0.3 is 0 Å². The number of para-hydroxylation sites is 1. The molecule has 0 spiro atoms. The molecule has 0 bridgehead atoms. The van der Waals surface area contributed by atoms with Gasteiger partial charge in [-0.2, -0.15) is 0 Å². The van der Waals surface area contributed by atoms with E-state index in [0.29, 0.717) is 11.7 Å². The average Bonchev–Trinajstić information content (AvgIpc) is 3.35. The SMILES string of the molecule is CN1CCN(C(=O)C2CCC(c3nc(-c4ccc(Oc5ccccc5)cc4)c4c(N)nccn34)CC2)CC1. The molecule has 8 nitrogen and oxygen atoms in total. The lowest BCUT2D eigenvalue weighted by Gasteiger charge is -2.36. The maximum atomic E-state index is 13.1. The summed E-state index contributed by atoms with van der Waals surface area (Å²) in [7, 11) is 2.12. The van der Waals surface area contributed by atoms with Gasteiger partial charge in [-0.3, -0.25) is 9.20 Å². The van der Waals surface area contributed by atoms with Crippen molar-refractivity contribution in [3.63, 3.8) is 0 Å². The van der Waals surface area contributed by atoms with Gasteiger partial charge < -0.3 is 20.3 Å². The molecule has 1 amide bonds. The molecular weight excluding hydrogens is 476 g/mol. The fourth-order valence-corrected chi connectivity index (χ4v) is 5.77. The lowest BCUT2D eigenvalue weighted by Crippen LogP contribution is -2.49. The minimum absolute atomic E-state index is 0.115. The van der Waals surface area contributed by atoms with Crippen LogP contribution < -0.4 is 10.5 Å². The van der Waals surface area contributed by atoms with Crippen molar-refractivity contribution < 1.29 is 9.53 Å². The third-order valence-corrected chi connectivity index (χ3v) is 7.97. The van der Waals surface area contributed by atoms with Crippen LogP contribution >= 0.6 is 0 Å². The Hall–Kier alpha value is -3.91. The highest BCUT2D eigenvalue weighted by molar-refractivity contribution is 5.85. The summed E-state index contributed by atoms with van der Waals surface area (Å²) in [5.41, 5.74) is 8.99. The largest absolute Gasteiger partial charge is 0.457 e. The number of piperazine rings is 1. The highest BCUT2D eigenvalue weighted by atomic mass is 16.5. The van der Waals surface area contributed by atoms with E-state index in [1.165, 1.54) is 0 Å². The second kappa shape index (κ2) is 10.5. The highest BCUT2D eigenvalue weighted by Crippen LogP contribution is 2.39. The quantitative estimate of drug-likeness (QED) is 0.414. The number of ether oxygens (including phenoxy) is 1. The van der Waals surface area contributed by atoms with E-state index in [9.17, 15) is 4.79 Å². The Morgan fingerprint density at radius 1 is 0.921 bits per heavy atom. The third-order valence-electron chi connectivity index (χ3n) is 7.97. The van der Waals surface area contributed by atoms with Crippen LogP contribution in [0.2, 0.25) is 0 Å². The molecule has 1 saturated carbocycles. The molecule has 2 aromatic heterocycles. The molecule has 38 heavy (non-hydrogen) atoms. The highest BCUT2D eigenvalue weighted by Gasteiger charge is 2.33. The lowest BCUT2D eigenvalue weighted by atomic mass is 9.81. The molecule has 8 heteroatoms. The normalized spacial score (nSPS) is 20.5. The third kappa shape index (κ3) is 4.84. The van der Waals surface area contributed by atoms with Gasteiger partial charge in [0.05, 0.1) is 0 Å². The van der Waals surface area contributed by atoms with Crippen LogP contribution in [-0.2, 0) is 4.79 Å². The van der Waals surface area contributed by atoms with E-state index in [2.05, 4.69) is 26.2 Å². The van der Waals surface area contributed by atoms with Crippen LogP contribution in [0.1, 0.15) is 37.4 Å². The van der Waals surface area contributed by atoms with Crippen LogP contribution in [0, 0.1) is 5.92 Å². The van der Waals surface area contributed by atoms with Crippen molar-refractivity contribution in [2.45, 2.75) is 31.6 Å². The van der Waals surface area contributed by atoms with E-state index in [4.69, 9.17) is 15.5 Å². The first-order valence-electron chi connectivity index (χ1n) is 13.5. The van der Waals surface area contributed by atoms with Gasteiger partial charge in [0.15, 0.2) is 0 Å². The smallest absolute Gasteiger partial charge is 0.225 e. The zero-order valence-electron chi connectivity index (χ0n) is 21.8. The predicted octanol–water partition coefficient (Wildman–Crippen LogP) is 4.82. The van der Waals surface area contributed by atoms with Crippen molar-refractivity contribution in [3.05, 3.63) is 72.8 Å². The number of anilines is 1. The van der Waals surface area contributed by atoms with Crippen molar-refractivity contribution in [3.8, 4) is 22.8 Å². The number of benzene rings is 2. The predicted molar refractivity (Wildman–Crippen MR) is 148 cm³/mol. The number of amides is 1. The van der Waals surface area contributed by atoms with Crippen molar-refractivity contribution >= 4 is 17.2 Å². The molecule has 0 unspecified atom stereocenters. The molecule has 0 radical (unpaired) electrons. The molecule has 2 aliphatic rings. The molecule has 196 valence electrons. The molecule has 3 heterocycles. The Labute approximate surface area is 223 Å². The topological polar surface area (TPSA) is 89.0 Å². The number of nitrogens with two attached hydrogens (primary N) is 1. The molecule has 6 rings (SSSR count). The first-order valence-corrected chi connectivity index (χ1v) is 13.5. The van der Waals surface area contributed by atoms with E-state index >= 15 is 0 Å². The molecule has 4 aromatic rings. The maximum absolute atomic E-state index is 13.1. The molecule has 0 atom stereocenters. The Morgan fingerprint density at radius 3 is 2.32 bits per heavy atom. The molecule has 2 aromatic carbocycles. The Bertz CT molecular complexity index is 1400. The minimum atomic E-state index is 0.115. The molecule has 1 aliphatic carbocycles. The minimum Gasteiger partial charge on any atom is -0.457 e. The van der Waals surface area contributed by atoms with Gasteiger partial charge in [-0.1, -0.05) is 18.2 Å². The van der Waals surface area contributed by atoms with E-state index in [1.807, 2.05) is 60.8 Å². The second-order valence-corrected chi connectivity index (χ2v) is 10.5. The number of likely N-dealkylation sites (N-methyl/N-ethyl adjacent to an activating group) is 1. The van der Waals surface area contributed by atoms with Gasteiger partial charge in [-0.15, -0.1) is 0 Å². The van der Waals surface area contributed by atoms with Gasteiger partial charge in [0.2, 0.25) is 5.91 Å². The van der Waals surface area contributed by atoms with Crippen LogP contribution in [0.25, 0.3) is 16.8 Å². The zero-order chi connectivity index (χ0) is 26.1. The van der Waals surface area contributed by atoms with Gasteiger partial charge in [0, 0.05) is 56.0 Å². The average molecular weight is 511 g/mol. The Morgan fingerprint density at radius 2 is 1.61 bits per heavy atom. The van der Waals surface area contributed by atoms with Gasteiger partial charge in [-0.05, 0) is 69.1 Å². The van der Waals surface area contributed by atoms with E-state index in [1.54, 1.807) is 6.20 Å². The molecule has 2 N–H and O–H groups in total. The molecular formula is C30H34N6O2. The number of hydrogen-bond donors (Lipinski definition) is 1. The number of nitrogen functional groups attached to an aromatic ring is 1. The molecule has 2 fully saturated rings. The van der Waals surface area contributed by atoms with Crippen LogP contribution in [0.15, 0.2) is 67.0 Å². The number of carbonyl (C=O) groups excluding carboxylic acids is 1. The summed E-state index contributed by atoms with van der Waals surface area (Å²) in [6.45, 7) is 3.59. The first kappa shape index (κ1) is 24.4. The van der Waals surface area contributed by atoms with Crippen LogP contribution in [0.5, 0.6) is 11.5 Å². The Kier molecular flexibility index (Phi) is 6.72. The molecule has 1 saturated heterocycles. The number of carbonyl (C=O) groups is 1. The Balaban J connectivity index is 1.21. The number of aromatic nitrogens is 3. The lowest BCUT2D eigenvalue weighted by molar-refractivity contribution is -0.138. The standard InChI is InChI=1S/C30H34N6O2/c1-34-17-19-35(20-18-34)30(37)23-9-7-22(8-10-23)29-33-26(27-28(31)32-15-16-36(27)29)21-11-13-25(14-12-21)38-24-5-3-2-4-6-24/h2-6,11-16,22-23H,7-10,17-20H2,1H3,(H2,31,32). The summed E-state index contributed by atoms with van der Waals surface area (Å²) in [5.74, 6) is 3.74. The summed E-state index contributed by atoms with van der Waals surface area (Å²) in [6, 6.07) is 17.7. The van der Waals surface area contributed by atoms with Crippen molar-refractivity contribution in [1.29, 1.82) is 0 Å². The van der Waals surface area contributed by atoms with Crippen LogP contribution in [0.4, 0.5) is 5.82 Å². The summed E-state index contributed by atoms with van der Waals surface area (Å²) < 4.78 is 8.06. The van der Waals surface area contributed by atoms with Crippen molar-refractivity contribution in [1.82, 2.24) is 24.2 Å². The number of fused-ring (bicyclic) bond motifs is 1. The zero-order valence-corrected chi connectivity index (χ0v) is 21.8. The number of hydrogen-bond acceptors (Lipinski definition) is 6. The number of rotatable bonds is 5. The van der Waals surface area contributed by atoms with Crippen LogP contribution in [0.3, 0.4) is 0 Å². The van der Waals surface area contributed by atoms with E-state index in [0.717, 1.165) is 86.0 Å². The van der Waals surface area contributed by atoms with E-state index < -0.39 is 0 Å². The van der Waals surface area contributed by atoms with Gasteiger partial charge in [0.25, 0.3) is 0 Å². The number of nitrogens with zero attached hydrogens (tertiary/aromatic N) is 5. The fraction of sp³-hybridized carbons (Fsp3) is 0.367. The first-order chi connectivity index (χ1) is 18.6. The summed E-state index contributed by atoms with van der Waals surface area (Å²) in [4.78, 5) is 27.0. The van der Waals surface area contributed by atoms with Crippen molar-refractivity contribution in [2.24, 2.45) is 5.92 Å². The summed E-state index contributed by atoms with van der Waals surface area (Å²) >= 11 is 0. The monoisotopic (exact) mass is 510 g/mol. The summed E-state index contributed by atoms with van der Waals surface area (Å²) in [5, 5.41) is 0. The summed E-state index contributed by atoms with van der Waals surface area (Å²) in [6.07, 6.45) is 7.35. The van der Waals surface area contributed by atoms with Crippen LogP contribution in [-0.4, -0.2) is 63.3 Å². The van der Waals surface area contributed by atoms with Crippen molar-refractivity contribution in [2.75, 3.05) is 39.0 Å². The molecule has 1 aliphatic heterocycles. The second-order valence-electron chi connectivity index (χ2n) is 10.5. The van der Waals surface area contributed by atoms with Gasteiger partial charge in [-0.25, -0.2) is 9.97 Å².